The summed E-state index contributed by atoms with van der Waals surface area (Å²) in [5, 5.41) is 15.1. The second-order valence-corrected chi connectivity index (χ2v) is 16.9. The lowest BCUT2D eigenvalue weighted by Crippen LogP contribution is -2.50. The Bertz CT molecular complexity index is 2940. The highest BCUT2D eigenvalue weighted by molar-refractivity contribution is 6.03. The number of hydrogen-bond acceptors (Lipinski definition) is 13. The Morgan fingerprint density at radius 2 is 1.01 bits per heavy atom. The van der Waals surface area contributed by atoms with Crippen molar-refractivity contribution in [1.82, 2.24) is 10.6 Å². The van der Waals surface area contributed by atoms with Gasteiger partial charge in [0.1, 0.15) is 45.4 Å². The molecule has 0 aliphatic carbocycles. The van der Waals surface area contributed by atoms with Crippen molar-refractivity contribution in [2.24, 2.45) is 5.92 Å². The summed E-state index contributed by atoms with van der Waals surface area (Å²) in [6.07, 6.45) is -0.699. The van der Waals surface area contributed by atoms with E-state index in [-0.39, 0.29) is 59.3 Å². The Labute approximate surface area is 415 Å². The number of benzene rings is 6. The summed E-state index contributed by atoms with van der Waals surface area (Å²) in [4.78, 5) is 96.6. The lowest BCUT2D eigenvalue weighted by atomic mass is 9.95. The predicted molar refractivity (Wildman–Crippen MR) is 261 cm³/mol. The van der Waals surface area contributed by atoms with Crippen LogP contribution < -0.4 is 24.8 Å². The van der Waals surface area contributed by atoms with Crippen molar-refractivity contribution in [3.8, 4) is 17.2 Å². The van der Waals surface area contributed by atoms with Gasteiger partial charge in [0.2, 0.25) is 0 Å². The zero-order chi connectivity index (χ0) is 51.1. The number of amides is 2. The zero-order valence-corrected chi connectivity index (χ0v) is 39.7. The van der Waals surface area contributed by atoms with Gasteiger partial charge < -0.3 is 44.2 Å². The molecule has 1 unspecified atom stereocenters. The SMILES string of the molecule is Cc1cccc(C(=O)N[C@H]2COC(=O)C(CC(=O)c3cc(C(=O)O)cc(C)c3OCc3ccccc3)COC(=O)[C@@H](NC(=O)c3cccc(OCc4ccccc4)c3OCc3ccccc3)COC2=O)c1C. The van der Waals surface area contributed by atoms with E-state index in [0.29, 0.717) is 11.1 Å². The maximum absolute atomic E-state index is 14.4. The van der Waals surface area contributed by atoms with E-state index in [1.807, 2.05) is 66.7 Å². The van der Waals surface area contributed by atoms with Crippen LogP contribution in [0.15, 0.2) is 140 Å². The molecule has 7 rings (SSSR count). The third-order valence-electron chi connectivity index (χ3n) is 11.7. The monoisotopic (exact) mass is 976 g/mol. The number of ketones is 1. The molecule has 3 atom stereocenters. The molecule has 1 fully saturated rings. The number of aromatic carboxylic acids is 1. The second-order valence-electron chi connectivity index (χ2n) is 16.9. The summed E-state index contributed by atoms with van der Waals surface area (Å²) in [7, 11) is 0. The van der Waals surface area contributed by atoms with Gasteiger partial charge in [-0.25, -0.2) is 14.4 Å². The van der Waals surface area contributed by atoms with Crippen molar-refractivity contribution >= 4 is 41.5 Å². The lowest BCUT2D eigenvalue weighted by molar-refractivity contribution is -0.162. The molecule has 0 radical (unpaired) electrons. The molecule has 6 aromatic carbocycles. The van der Waals surface area contributed by atoms with Gasteiger partial charge in [-0.3, -0.25) is 19.2 Å². The summed E-state index contributed by atoms with van der Waals surface area (Å²) in [5.74, 6) is -8.32. The van der Waals surface area contributed by atoms with Crippen molar-refractivity contribution in [1.29, 1.82) is 0 Å². The molecule has 370 valence electrons. The molecule has 16 nitrogen and oxygen atoms in total. The third kappa shape index (κ3) is 13.3. The molecule has 0 saturated carbocycles. The number of esters is 3. The Kier molecular flexibility index (Phi) is 17.1. The first-order valence-corrected chi connectivity index (χ1v) is 23.0. The number of nitrogens with one attached hydrogen (secondary N) is 2. The fraction of sp³-hybridized carbons (Fsp3) is 0.232. The van der Waals surface area contributed by atoms with Crippen LogP contribution in [0.5, 0.6) is 17.2 Å². The van der Waals surface area contributed by atoms with E-state index >= 15 is 0 Å². The summed E-state index contributed by atoms with van der Waals surface area (Å²) in [6.45, 7) is 2.89. The smallest absolute Gasteiger partial charge is 0.335 e. The molecular formula is C56H52N2O14. The summed E-state index contributed by atoms with van der Waals surface area (Å²) >= 11 is 0. The average molecular weight is 977 g/mol. The van der Waals surface area contributed by atoms with Gasteiger partial charge in [-0.05, 0) is 84.5 Å². The highest BCUT2D eigenvalue weighted by Gasteiger charge is 2.35. The van der Waals surface area contributed by atoms with Crippen LogP contribution in [0.3, 0.4) is 0 Å². The first-order chi connectivity index (χ1) is 34.7. The van der Waals surface area contributed by atoms with E-state index in [2.05, 4.69) is 10.6 Å². The van der Waals surface area contributed by atoms with Gasteiger partial charge in [0.05, 0.1) is 22.6 Å². The van der Waals surface area contributed by atoms with Crippen LogP contribution in [0.4, 0.5) is 0 Å². The summed E-state index contributed by atoms with van der Waals surface area (Å²) in [6, 6.07) is 36.3. The minimum atomic E-state index is -1.73. The van der Waals surface area contributed by atoms with E-state index in [1.165, 1.54) is 12.1 Å². The second kappa shape index (κ2) is 24.2. The molecule has 2 amide bonds. The van der Waals surface area contributed by atoms with Gasteiger partial charge in [-0.2, -0.15) is 0 Å². The molecule has 6 aromatic rings. The van der Waals surface area contributed by atoms with E-state index in [0.717, 1.165) is 28.3 Å². The molecule has 0 bridgehead atoms. The molecule has 3 N–H and O–H groups in total. The van der Waals surface area contributed by atoms with Crippen molar-refractivity contribution in [2.75, 3.05) is 19.8 Å². The zero-order valence-electron chi connectivity index (χ0n) is 39.7. The minimum Gasteiger partial charge on any atom is -0.488 e. The van der Waals surface area contributed by atoms with Gasteiger partial charge >= 0.3 is 23.9 Å². The number of carbonyl (C=O) groups excluding carboxylic acids is 6. The van der Waals surface area contributed by atoms with Crippen molar-refractivity contribution < 1.29 is 67.1 Å². The predicted octanol–water partition coefficient (Wildman–Crippen LogP) is 7.48. The van der Waals surface area contributed by atoms with Crippen molar-refractivity contribution in [3.05, 3.63) is 195 Å². The highest BCUT2D eigenvalue weighted by Crippen LogP contribution is 2.34. The standard InChI is InChI=1S/C56H52N2O14/c1-34-15-13-22-42(36(34)3)51(60)57-45-32-71-54(64)41(27-47(59)44-26-40(53(62)63)25-35(2)49(44)68-29-38-18-9-5-10-19-38)31-70-55(65)46(33-72-56(45)66)58-52(61)43-23-14-24-48(67-28-37-16-7-4-8-17-37)50(43)69-30-39-20-11-6-12-21-39/h4-26,41,45-46H,27-33H2,1-3H3,(H,57,60)(H,58,61)(H,62,63)/t41?,45-,46-/m0/s1. The number of carboxylic acid groups (broad SMARTS) is 1. The molecule has 0 spiro atoms. The topological polar surface area (TPSA) is 219 Å². The largest absolute Gasteiger partial charge is 0.488 e. The molecule has 0 aromatic heterocycles. The van der Waals surface area contributed by atoms with E-state index < -0.39 is 85.7 Å². The van der Waals surface area contributed by atoms with Gasteiger partial charge in [0, 0.05) is 12.0 Å². The van der Waals surface area contributed by atoms with Gasteiger partial charge in [-0.1, -0.05) is 109 Å². The molecule has 1 saturated heterocycles. The number of rotatable bonds is 17. The van der Waals surface area contributed by atoms with E-state index in [1.54, 1.807) is 75.4 Å². The third-order valence-corrected chi connectivity index (χ3v) is 11.7. The Morgan fingerprint density at radius 1 is 0.528 bits per heavy atom. The summed E-state index contributed by atoms with van der Waals surface area (Å²) in [5.41, 5.74) is 3.88. The van der Waals surface area contributed by atoms with Crippen molar-refractivity contribution in [2.45, 2.75) is 59.1 Å². The maximum Gasteiger partial charge on any atom is 0.335 e. The van der Waals surface area contributed by atoms with Crippen LogP contribution in [0.2, 0.25) is 0 Å². The highest BCUT2D eigenvalue weighted by atomic mass is 16.6. The first-order valence-electron chi connectivity index (χ1n) is 23.0. The maximum atomic E-state index is 14.4. The molecule has 16 heteroatoms. The van der Waals surface area contributed by atoms with Crippen LogP contribution in [-0.2, 0) is 48.4 Å². The van der Waals surface area contributed by atoms with Crippen LogP contribution in [0.25, 0.3) is 0 Å². The number of cyclic esters (lactones) is 3. The average Bonchev–Trinajstić information content (AvgIpc) is 3.39. The minimum absolute atomic E-state index is 0.0154. The van der Waals surface area contributed by atoms with Crippen LogP contribution >= 0.6 is 0 Å². The molecular weight excluding hydrogens is 925 g/mol. The quantitative estimate of drug-likeness (QED) is 0.0459. The Hall–Kier alpha value is -8.79. The van der Waals surface area contributed by atoms with Crippen LogP contribution in [0.1, 0.15) is 81.2 Å². The van der Waals surface area contributed by atoms with Gasteiger partial charge in [0.15, 0.2) is 29.4 Å². The van der Waals surface area contributed by atoms with Gasteiger partial charge in [-0.15, -0.1) is 0 Å². The van der Waals surface area contributed by atoms with E-state index in [4.69, 9.17) is 28.4 Å². The number of carbonyl (C=O) groups is 7. The van der Waals surface area contributed by atoms with Crippen LogP contribution in [-0.4, -0.2) is 78.5 Å². The van der Waals surface area contributed by atoms with Crippen molar-refractivity contribution in [3.63, 3.8) is 0 Å². The van der Waals surface area contributed by atoms with Crippen LogP contribution in [0, 0.1) is 26.7 Å². The molecule has 1 heterocycles. The molecule has 1 aliphatic rings. The molecule has 72 heavy (non-hydrogen) atoms. The fourth-order valence-corrected chi connectivity index (χ4v) is 7.63. The number of carboxylic acids is 1. The number of para-hydroxylation sites is 1. The Balaban J connectivity index is 1.18. The van der Waals surface area contributed by atoms with E-state index in [9.17, 15) is 38.7 Å². The molecule has 1 aliphatic heterocycles. The summed E-state index contributed by atoms with van der Waals surface area (Å²) < 4.78 is 35.2. The lowest BCUT2D eigenvalue weighted by Gasteiger charge is -2.25. The van der Waals surface area contributed by atoms with Gasteiger partial charge in [0.25, 0.3) is 11.8 Å². The number of ether oxygens (including phenoxy) is 6. The Morgan fingerprint density at radius 3 is 1.58 bits per heavy atom. The first kappa shape index (κ1) is 51.1. The number of hydrogen-bond donors (Lipinski definition) is 3. The normalized spacial score (nSPS) is 16.0. The number of Topliss-reactive ketones (excluding diaryl/α,β-unsaturated/α-hetero) is 1. The number of aryl methyl sites for hydroxylation is 2. The fourth-order valence-electron chi connectivity index (χ4n) is 7.63.